The van der Waals surface area contributed by atoms with Crippen molar-refractivity contribution in [2.45, 2.75) is 19.2 Å². The van der Waals surface area contributed by atoms with Crippen molar-refractivity contribution in [1.29, 1.82) is 0 Å². The van der Waals surface area contributed by atoms with Gasteiger partial charge in [0.15, 0.2) is 5.75 Å². The van der Waals surface area contributed by atoms with E-state index in [2.05, 4.69) is 25.0 Å². The molecule has 1 saturated heterocycles. The van der Waals surface area contributed by atoms with Gasteiger partial charge in [0.25, 0.3) is 0 Å². The summed E-state index contributed by atoms with van der Waals surface area (Å²) in [7, 11) is 0. The van der Waals surface area contributed by atoms with Gasteiger partial charge in [0, 0.05) is 37.5 Å². The first-order valence-corrected chi connectivity index (χ1v) is 9.60. The molecule has 4 rings (SSSR count). The minimum absolute atomic E-state index is 0.00645. The Hall–Kier alpha value is -3.63. The summed E-state index contributed by atoms with van der Waals surface area (Å²) in [6.45, 7) is 1.17. The molecule has 11 heteroatoms. The van der Waals surface area contributed by atoms with E-state index in [-0.39, 0.29) is 17.5 Å². The van der Waals surface area contributed by atoms with Gasteiger partial charge in [0.2, 0.25) is 5.91 Å². The van der Waals surface area contributed by atoms with Crippen LogP contribution in [-0.2, 0) is 4.79 Å². The van der Waals surface area contributed by atoms with Crippen molar-refractivity contribution in [1.82, 2.24) is 19.5 Å². The van der Waals surface area contributed by atoms with Gasteiger partial charge in [-0.1, -0.05) is 12.1 Å². The number of imidazole rings is 1. The fourth-order valence-corrected chi connectivity index (χ4v) is 3.44. The van der Waals surface area contributed by atoms with Crippen molar-refractivity contribution >= 4 is 17.4 Å². The van der Waals surface area contributed by atoms with Gasteiger partial charge in [-0.05, 0) is 25.0 Å². The van der Waals surface area contributed by atoms with Crippen LogP contribution in [0.4, 0.5) is 24.7 Å². The SMILES string of the molecule is O=C(Nc1ccccc1OC(F)(F)F)C1CCN(c2cc(-n3ccnc3)ncn2)CC1. The molecule has 1 N–H and O–H groups in total. The summed E-state index contributed by atoms with van der Waals surface area (Å²) >= 11 is 0. The van der Waals surface area contributed by atoms with Gasteiger partial charge in [0.05, 0.1) is 5.69 Å². The van der Waals surface area contributed by atoms with Crippen molar-refractivity contribution in [3.63, 3.8) is 0 Å². The van der Waals surface area contributed by atoms with E-state index >= 15 is 0 Å². The van der Waals surface area contributed by atoms with Crippen LogP contribution in [0.5, 0.6) is 5.75 Å². The van der Waals surface area contributed by atoms with Crippen molar-refractivity contribution in [3.05, 3.63) is 55.4 Å². The van der Waals surface area contributed by atoms with Crippen LogP contribution in [0.25, 0.3) is 5.82 Å². The first kappa shape index (κ1) is 20.6. The number of anilines is 2. The molecule has 0 radical (unpaired) electrons. The van der Waals surface area contributed by atoms with Crippen LogP contribution in [0, 0.1) is 5.92 Å². The number of alkyl halides is 3. The second-order valence-corrected chi connectivity index (χ2v) is 7.00. The van der Waals surface area contributed by atoms with E-state index in [9.17, 15) is 18.0 Å². The minimum Gasteiger partial charge on any atom is -0.404 e. The highest BCUT2D eigenvalue weighted by Crippen LogP contribution is 2.31. The predicted octanol–water partition coefficient (Wildman–Crippen LogP) is 3.42. The van der Waals surface area contributed by atoms with Crippen molar-refractivity contribution in [2.75, 3.05) is 23.3 Å². The Labute approximate surface area is 175 Å². The lowest BCUT2D eigenvalue weighted by atomic mass is 9.95. The number of piperidine rings is 1. The Morgan fingerprint density at radius 2 is 1.87 bits per heavy atom. The number of carbonyl (C=O) groups excluding carboxylic acids is 1. The lowest BCUT2D eigenvalue weighted by Gasteiger charge is -2.32. The first-order valence-electron chi connectivity index (χ1n) is 9.60. The van der Waals surface area contributed by atoms with E-state index in [0.717, 1.165) is 5.82 Å². The molecular formula is C20H19F3N6O2. The number of ether oxygens (including phenoxy) is 1. The molecule has 162 valence electrons. The molecule has 0 spiro atoms. The van der Waals surface area contributed by atoms with Crippen LogP contribution in [0.1, 0.15) is 12.8 Å². The summed E-state index contributed by atoms with van der Waals surface area (Å²) in [6.07, 6.45) is 2.80. The number of para-hydroxylation sites is 2. The molecule has 0 unspecified atom stereocenters. The molecule has 1 amide bonds. The predicted molar refractivity (Wildman–Crippen MR) is 106 cm³/mol. The molecule has 1 fully saturated rings. The lowest BCUT2D eigenvalue weighted by Crippen LogP contribution is -2.38. The normalized spacial score (nSPS) is 15.0. The van der Waals surface area contributed by atoms with E-state index in [1.54, 1.807) is 23.3 Å². The molecule has 31 heavy (non-hydrogen) atoms. The third-order valence-electron chi connectivity index (χ3n) is 4.97. The Bertz CT molecular complexity index is 1030. The Morgan fingerprint density at radius 1 is 1.13 bits per heavy atom. The average Bonchev–Trinajstić information content (AvgIpc) is 3.29. The summed E-state index contributed by atoms with van der Waals surface area (Å²) in [5.74, 6) is 0.323. The molecule has 0 atom stereocenters. The van der Waals surface area contributed by atoms with Crippen molar-refractivity contribution in [2.24, 2.45) is 5.92 Å². The van der Waals surface area contributed by atoms with E-state index < -0.39 is 12.1 Å². The van der Waals surface area contributed by atoms with Crippen LogP contribution in [0.2, 0.25) is 0 Å². The highest BCUT2D eigenvalue weighted by molar-refractivity contribution is 5.94. The van der Waals surface area contributed by atoms with Gasteiger partial charge < -0.3 is 15.0 Å². The monoisotopic (exact) mass is 432 g/mol. The maximum Gasteiger partial charge on any atom is 0.573 e. The average molecular weight is 432 g/mol. The second kappa shape index (κ2) is 8.62. The number of amides is 1. The van der Waals surface area contributed by atoms with E-state index in [0.29, 0.717) is 31.7 Å². The highest BCUT2D eigenvalue weighted by Gasteiger charge is 2.33. The summed E-state index contributed by atoms with van der Waals surface area (Å²) in [6, 6.07) is 7.33. The number of carbonyl (C=O) groups is 1. The van der Waals surface area contributed by atoms with Gasteiger partial charge in [-0.2, -0.15) is 0 Å². The molecule has 8 nitrogen and oxygen atoms in total. The molecule has 0 saturated carbocycles. The Morgan fingerprint density at radius 3 is 2.58 bits per heavy atom. The first-order chi connectivity index (χ1) is 14.9. The van der Waals surface area contributed by atoms with E-state index in [1.807, 2.05) is 11.0 Å². The van der Waals surface area contributed by atoms with Crippen molar-refractivity contribution < 1.29 is 22.7 Å². The number of hydrogen-bond donors (Lipinski definition) is 1. The number of hydrogen-bond acceptors (Lipinski definition) is 6. The Balaban J connectivity index is 1.38. The summed E-state index contributed by atoms with van der Waals surface area (Å²) in [4.78, 5) is 27.2. The van der Waals surface area contributed by atoms with Crippen LogP contribution >= 0.6 is 0 Å². The zero-order chi connectivity index (χ0) is 21.8. The summed E-state index contributed by atoms with van der Waals surface area (Å²) in [5.41, 5.74) is -0.00645. The number of aromatic nitrogens is 4. The fourth-order valence-electron chi connectivity index (χ4n) is 3.44. The third kappa shape index (κ3) is 5.11. The second-order valence-electron chi connectivity index (χ2n) is 7.00. The molecule has 3 aromatic rings. The third-order valence-corrected chi connectivity index (χ3v) is 4.97. The number of rotatable bonds is 5. The fraction of sp³-hybridized carbons (Fsp3) is 0.300. The quantitative estimate of drug-likeness (QED) is 0.665. The zero-order valence-electron chi connectivity index (χ0n) is 16.3. The van der Waals surface area contributed by atoms with Crippen LogP contribution in [0.15, 0.2) is 55.4 Å². The molecule has 0 bridgehead atoms. The number of halogens is 3. The van der Waals surface area contributed by atoms with E-state index in [1.165, 1.54) is 30.6 Å². The zero-order valence-corrected chi connectivity index (χ0v) is 16.3. The largest absolute Gasteiger partial charge is 0.573 e. The van der Waals surface area contributed by atoms with Crippen molar-refractivity contribution in [3.8, 4) is 11.6 Å². The van der Waals surface area contributed by atoms with Crippen LogP contribution in [0.3, 0.4) is 0 Å². The molecular weight excluding hydrogens is 413 g/mol. The molecule has 1 aromatic carbocycles. The van der Waals surface area contributed by atoms with E-state index in [4.69, 9.17) is 0 Å². The lowest BCUT2D eigenvalue weighted by molar-refractivity contribution is -0.274. The van der Waals surface area contributed by atoms with Crippen LogP contribution < -0.4 is 15.0 Å². The summed E-state index contributed by atoms with van der Waals surface area (Å²) < 4.78 is 43.5. The molecule has 2 aromatic heterocycles. The van der Waals surface area contributed by atoms with Crippen LogP contribution in [-0.4, -0.2) is 44.9 Å². The molecule has 1 aliphatic heterocycles. The maximum absolute atomic E-state index is 12.6. The maximum atomic E-state index is 12.6. The smallest absolute Gasteiger partial charge is 0.404 e. The Kier molecular flexibility index (Phi) is 5.74. The summed E-state index contributed by atoms with van der Waals surface area (Å²) in [5, 5.41) is 2.57. The van der Waals surface area contributed by atoms with Gasteiger partial charge >= 0.3 is 6.36 Å². The van der Waals surface area contributed by atoms with Gasteiger partial charge in [-0.3, -0.25) is 9.36 Å². The topological polar surface area (TPSA) is 85.2 Å². The highest BCUT2D eigenvalue weighted by atomic mass is 19.4. The molecule has 1 aliphatic rings. The molecule has 0 aliphatic carbocycles. The van der Waals surface area contributed by atoms with Gasteiger partial charge in [0.1, 0.15) is 24.3 Å². The van der Waals surface area contributed by atoms with Gasteiger partial charge in [-0.25, -0.2) is 15.0 Å². The number of nitrogens with one attached hydrogen (secondary N) is 1. The molecule has 3 heterocycles. The standard InChI is InChI=1S/C20H19F3N6O2/c21-20(22,23)31-16-4-2-1-3-15(16)27-19(30)14-5-8-28(9-6-14)17-11-18(26-12-25-17)29-10-7-24-13-29/h1-4,7,10-14H,5-6,8-9H2,(H,27,30). The number of benzene rings is 1. The van der Waals surface area contributed by atoms with Gasteiger partial charge in [-0.15, -0.1) is 13.2 Å². The minimum atomic E-state index is -4.83. The number of nitrogens with zero attached hydrogens (tertiary/aromatic N) is 5.